The van der Waals surface area contributed by atoms with Crippen molar-refractivity contribution in [2.45, 2.75) is 39.3 Å². The van der Waals surface area contributed by atoms with E-state index in [4.69, 9.17) is 4.98 Å². The van der Waals surface area contributed by atoms with Gasteiger partial charge >= 0.3 is 0 Å². The molecule has 2 atom stereocenters. The van der Waals surface area contributed by atoms with Crippen LogP contribution in [-0.2, 0) is 4.79 Å². The molecule has 1 aliphatic rings. The lowest BCUT2D eigenvalue weighted by molar-refractivity contribution is -0.130. The lowest BCUT2D eigenvalue weighted by atomic mass is 9.92. The molecule has 0 radical (unpaired) electrons. The van der Waals surface area contributed by atoms with E-state index in [1.807, 2.05) is 61.2 Å². The second-order valence-electron chi connectivity index (χ2n) is 8.80. The third-order valence-corrected chi connectivity index (χ3v) is 7.03. The number of benzene rings is 2. The Morgan fingerprint density at radius 3 is 2.52 bits per heavy atom. The van der Waals surface area contributed by atoms with E-state index in [1.54, 1.807) is 4.57 Å². The number of aryl methyl sites for hydroxylation is 1. The Kier molecular flexibility index (Phi) is 6.19. The Bertz CT molecular complexity index is 1180. The second-order valence-corrected chi connectivity index (χ2v) is 9.75. The molecule has 5 nitrogen and oxygen atoms in total. The van der Waals surface area contributed by atoms with Gasteiger partial charge in [-0.15, -0.1) is 0 Å². The molecule has 31 heavy (non-hydrogen) atoms. The Labute approximate surface area is 187 Å². The summed E-state index contributed by atoms with van der Waals surface area (Å²) < 4.78 is 1.67. The molecular weight excluding hydrogens is 406 g/mol. The van der Waals surface area contributed by atoms with Gasteiger partial charge in [0.15, 0.2) is 5.16 Å². The van der Waals surface area contributed by atoms with Crippen molar-refractivity contribution in [3.63, 3.8) is 0 Å². The smallest absolute Gasteiger partial charge is 0.266 e. The third-order valence-electron chi connectivity index (χ3n) is 6.11. The molecule has 0 aliphatic carbocycles. The number of carbonyl (C=O) groups excluding carboxylic acids is 1. The van der Waals surface area contributed by atoms with E-state index in [0.29, 0.717) is 27.9 Å². The van der Waals surface area contributed by atoms with E-state index in [9.17, 15) is 9.59 Å². The predicted molar refractivity (Wildman–Crippen MR) is 127 cm³/mol. The van der Waals surface area contributed by atoms with E-state index in [1.165, 1.54) is 11.8 Å². The first kappa shape index (κ1) is 21.6. The molecule has 0 unspecified atom stereocenters. The minimum atomic E-state index is -0.102. The van der Waals surface area contributed by atoms with Gasteiger partial charge in [0.2, 0.25) is 5.91 Å². The predicted octanol–water partition coefficient (Wildman–Crippen LogP) is 4.60. The van der Waals surface area contributed by atoms with Crippen molar-refractivity contribution < 1.29 is 4.79 Å². The first-order valence-electron chi connectivity index (χ1n) is 10.8. The topological polar surface area (TPSA) is 55.2 Å². The molecule has 0 N–H and O–H groups in total. The van der Waals surface area contributed by atoms with Gasteiger partial charge in [0.25, 0.3) is 5.56 Å². The molecule has 1 saturated heterocycles. The van der Waals surface area contributed by atoms with Gasteiger partial charge < -0.3 is 4.90 Å². The van der Waals surface area contributed by atoms with Crippen molar-refractivity contribution in [3.05, 3.63) is 63.9 Å². The number of fused-ring (bicyclic) bond motifs is 1. The zero-order valence-electron chi connectivity index (χ0n) is 18.6. The molecule has 6 heteroatoms. The number of hydrogen-bond acceptors (Lipinski definition) is 4. The maximum absolute atomic E-state index is 13.5. The summed E-state index contributed by atoms with van der Waals surface area (Å²) in [5, 5.41) is 1.14. The van der Waals surface area contributed by atoms with Crippen molar-refractivity contribution in [3.8, 4) is 5.69 Å². The SMILES string of the molecule is Cc1cccc(-n2c(SCC(=O)N3C[C@H](C)C[C@H](C)C3)nc3ccccc3c2=O)c1C. The fourth-order valence-corrected chi connectivity index (χ4v) is 5.39. The van der Waals surface area contributed by atoms with Gasteiger partial charge in [0, 0.05) is 13.1 Å². The largest absolute Gasteiger partial charge is 0.341 e. The summed E-state index contributed by atoms with van der Waals surface area (Å²) in [5.41, 5.74) is 3.52. The van der Waals surface area contributed by atoms with Crippen LogP contribution in [0, 0.1) is 25.7 Å². The standard InChI is InChI=1S/C25H29N3O2S/c1-16-12-17(2)14-27(13-16)23(29)15-31-25-26-21-10-6-5-9-20(21)24(30)28(25)22-11-7-8-18(3)19(22)4/h5-11,16-17H,12-15H2,1-4H3/t16-,17+. The number of aromatic nitrogens is 2. The number of likely N-dealkylation sites (tertiary alicyclic amines) is 1. The van der Waals surface area contributed by atoms with Crippen LogP contribution in [0.5, 0.6) is 0 Å². The van der Waals surface area contributed by atoms with E-state index in [-0.39, 0.29) is 17.2 Å². The highest BCUT2D eigenvalue weighted by molar-refractivity contribution is 7.99. The molecule has 0 spiro atoms. The number of hydrogen-bond donors (Lipinski definition) is 0. The number of rotatable bonds is 4. The minimum absolute atomic E-state index is 0.102. The summed E-state index contributed by atoms with van der Waals surface area (Å²) in [5.74, 6) is 1.42. The van der Waals surface area contributed by atoms with Gasteiger partial charge in [-0.25, -0.2) is 4.98 Å². The fraction of sp³-hybridized carbons (Fsp3) is 0.400. The van der Waals surface area contributed by atoms with Crippen LogP contribution in [0.2, 0.25) is 0 Å². The van der Waals surface area contributed by atoms with Gasteiger partial charge in [-0.05, 0) is 61.4 Å². The summed E-state index contributed by atoms with van der Waals surface area (Å²) in [7, 11) is 0. The van der Waals surface area contributed by atoms with Gasteiger partial charge in [-0.3, -0.25) is 14.2 Å². The molecule has 1 aliphatic heterocycles. The van der Waals surface area contributed by atoms with Gasteiger partial charge in [-0.2, -0.15) is 0 Å². The summed E-state index contributed by atoms with van der Waals surface area (Å²) in [6.45, 7) is 10.1. The molecule has 2 aromatic carbocycles. The van der Waals surface area contributed by atoms with Crippen LogP contribution < -0.4 is 5.56 Å². The fourth-order valence-electron chi connectivity index (χ4n) is 4.48. The van der Waals surface area contributed by atoms with Crippen LogP contribution >= 0.6 is 11.8 Å². The van der Waals surface area contributed by atoms with Crippen LogP contribution in [-0.4, -0.2) is 39.2 Å². The van der Waals surface area contributed by atoms with E-state index < -0.39 is 0 Å². The number of piperidine rings is 1. The summed E-state index contributed by atoms with van der Waals surface area (Å²) in [4.78, 5) is 33.2. The Hall–Kier alpha value is -2.60. The molecule has 1 aromatic heterocycles. The summed E-state index contributed by atoms with van der Waals surface area (Å²) in [6, 6.07) is 13.3. The number of thioether (sulfide) groups is 1. The maximum atomic E-state index is 13.5. The van der Waals surface area contributed by atoms with Gasteiger partial charge in [-0.1, -0.05) is 49.9 Å². The number of carbonyl (C=O) groups is 1. The zero-order valence-corrected chi connectivity index (χ0v) is 19.4. The molecular formula is C25H29N3O2S. The summed E-state index contributed by atoms with van der Waals surface area (Å²) >= 11 is 1.35. The lowest BCUT2D eigenvalue weighted by Gasteiger charge is -2.35. The highest BCUT2D eigenvalue weighted by atomic mass is 32.2. The second kappa shape index (κ2) is 8.87. The number of amides is 1. The Morgan fingerprint density at radius 2 is 1.77 bits per heavy atom. The third kappa shape index (κ3) is 4.40. The van der Waals surface area contributed by atoms with Crippen LogP contribution in [0.4, 0.5) is 0 Å². The Morgan fingerprint density at radius 1 is 1.06 bits per heavy atom. The van der Waals surface area contributed by atoms with Crippen molar-refractivity contribution >= 4 is 28.6 Å². The Balaban J connectivity index is 1.72. The van der Waals surface area contributed by atoms with Gasteiger partial charge in [0.05, 0.1) is 22.3 Å². The summed E-state index contributed by atoms with van der Waals surface area (Å²) in [6.07, 6.45) is 1.16. The van der Waals surface area contributed by atoms with E-state index in [0.717, 1.165) is 36.3 Å². The molecule has 1 amide bonds. The molecule has 4 rings (SSSR count). The number of nitrogens with zero attached hydrogens (tertiary/aromatic N) is 3. The van der Waals surface area contributed by atoms with Crippen LogP contribution in [0.3, 0.4) is 0 Å². The normalized spacial score (nSPS) is 19.0. The monoisotopic (exact) mass is 435 g/mol. The first-order chi connectivity index (χ1) is 14.8. The molecule has 0 bridgehead atoms. The van der Waals surface area contributed by atoms with Crippen molar-refractivity contribution in [1.29, 1.82) is 0 Å². The van der Waals surface area contributed by atoms with E-state index >= 15 is 0 Å². The van der Waals surface area contributed by atoms with Crippen LogP contribution in [0.15, 0.2) is 52.4 Å². The highest BCUT2D eigenvalue weighted by Crippen LogP contribution is 2.26. The van der Waals surface area contributed by atoms with Crippen molar-refractivity contribution in [2.75, 3.05) is 18.8 Å². The average Bonchev–Trinajstić information content (AvgIpc) is 2.74. The molecule has 3 aromatic rings. The van der Waals surface area contributed by atoms with Crippen molar-refractivity contribution in [2.24, 2.45) is 11.8 Å². The molecule has 1 fully saturated rings. The molecule has 162 valence electrons. The quantitative estimate of drug-likeness (QED) is 0.444. The average molecular weight is 436 g/mol. The zero-order chi connectivity index (χ0) is 22.1. The highest BCUT2D eigenvalue weighted by Gasteiger charge is 2.26. The van der Waals surface area contributed by atoms with Crippen molar-refractivity contribution in [1.82, 2.24) is 14.5 Å². The van der Waals surface area contributed by atoms with Crippen LogP contribution in [0.1, 0.15) is 31.4 Å². The number of para-hydroxylation sites is 1. The molecule has 0 saturated carbocycles. The molecule has 2 heterocycles. The lowest BCUT2D eigenvalue weighted by Crippen LogP contribution is -2.43. The van der Waals surface area contributed by atoms with E-state index in [2.05, 4.69) is 13.8 Å². The first-order valence-corrected chi connectivity index (χ1v) is 11.8. The van der Waals surface area contributed by atoms with Gasteiger partial charge in [0.1, 0.15) is 0 Å². The maximum Gasteiger partial charge on any atom is 0.266 e. The van der Waals surface area contributed by atoms with Crippen LogP contribution in [0.25, 0.3) is 16.6 Å². The minimum Gasteiger partial charge on any atom is -0.341 e.